The molecular weight excluding hydrogens is 262 g/mol. The molecule has 0 N–H and O–H groups in total. The molecule has 104 valence electrons. The van der Waals surface area contributed by atoms with E-state index in [0.717, 1.165) is 11.3 Å². The molecule has 2 nitrogen and oxygen atoms in total. The van der Waals surface area contributed by atoms with Crippen molar-refractivity contribution in [3.63, 3.8) is 0 Å². The second-order valence-electron chi connectivity index (χ2n) is 5.78. The monoisotopic (exact) mass is 283 g/mol. The van der Waals surface area contributed by atoms with Gasteiger partial charge in [-0.05, 0) is 42.9 Å². The number of hydrogen-bond acceptors (Lipinski definition) is 2. The second-order valence-corrected chi connectivity index (χ2v) is 10.4. The zero-order chi connectivity index (χ0) is 14.4. The summed E-state index contributed by atoms with van der Waals surface area (Å²) in [5, 5.41) is 0. The molecule has 0 saturated heterocycles. The number of hydrogen-bond donors (Lipinski definition) is 0. The maximum Gasteiger partial charge on any atom is 0.172 e. The molecule has 2 aromatic carbocycles. The van der Waals surface area contributed by atoms with Crippen LogP contribution >= 0.6 is 0 Å². The fourth-order valence-electron chi connectivity index (χ4n) is 1.69. The molecule has 0 heterocycles. The van der Waals surface area contributed by atoms with Gasteiger partial charge in [0.15, 0.2) is 8.24 Å². The van der Waals surface area contributed by atoms with Crippen molar-refractivity contribution in [1.82, 2.24) is 0 Å². The Morgan fingerprint density at radius 2 is 1.75 bits per heavy atom. The minimum Gasteiger partial charge on any atom is -0.489 e. The molecule has 0 fully saturated rings. The Bertz CT molecular complexity index is 573. The maximum absolute atomic E-state index is 5.81. The molecule has 0 bridgehead atoms. The first-order chi connectivity index (χ1) is 9.53. The minimum atomic E-state index is -1.40. The summed E-state index contributed by atoms with van der Waals surface area (Å²) < 4.78 is 10.5. The molecule has 20 heavy (non-hydrogen) atoms. The smallest absolute Gasteiger partial charge is 0.172 e. The first-order valence-corrected chi connectivity index (χ1v) is 10.3. The molecule has 0 atom stereocenters. The van der Waals surface area contributed by atoms with E-state index < -0.39 is 8.24 Å². The van der Waals surface area contributed by atoms with Gasteiger partial charge < -0.3 is 9.39 Å². The highest BCUT2D eigenvalue weighted by molar-refractivity contribution is 6.75. The second kappa shape index (κ2) is 6.53. The van der Waals surface area contributed by atoms with E-state index in [1.54, 1.807) is 0 Å². The molecule has 0 saturated carbocycles. The van der Waals surface area contributed by atoms with Gasteiger partial charge in [0.05, 0.1) is 0 Å². The van der Waals surface area contributed by atoms with E-state index in [1.165, 1.54) is 5.56 Å². The SMILES string of the molecule is C[Si](C)(C)N=Cc1cccc(OCc2ccccc2)c1. The first kappa shape index (κ1) is 14.5. The van der Waals surface area contributed by atoms with Crippen molar-refractivity contribution in [2.45, 2.75) is 26.2 Å². The largest absolute Gasteiger partial charge is 0.489 e. The van der Waals surface area contributed by atoms with Gasteiger partial charge in [0.2, 0.25) is 0 Å². The van der Waals surface area contributed by atoms with Crippen LogP contribution in [0, 0.1) is 0 Å². The Balaban J connectivity index is 2.01. The van der Waals surface area contributed by atoms with Crippen LogP contribution in [0.5, 0.6) is 5.75 Å². The predicted octanol–water partition coefficient (Wildman–Crippen LogP) is 4.52. The van der Waals surface area contributed by atoms with Gasteiger partial charge in [-0.2, -0.15) is 0 Å². The summed E-state index contributed by atoms with van der Waals surface area (Å²) >= 11 is 0. The van der Waals surface area contributed by atoms with E-state index in [1.807, 2.05) is 42.6 Å². The van der Waals surface area contributed by atoms with Crippen LogP contribution in [0.4, 0.5) is 0 Å². The summed E-state index contributed by atoms with van der Waals surface area (Å²) in [7, 11) is -1.40. The van der Waals surface area contributed by atoms with Crippen molar-refractivity contribution in [2.75, 3.05) is 0 Å². The minimum absolute atomic E-state index is 0.593. The summed E-state index contributed by atoms with van der Waals surface area (Å²) in [6, 6.07) is 18.3. The number of ether oxygens (including phenoxy) is 1. The van der Waals surface area contributed by atoms with Crippen molar-refractivity contribution in [3.8, 4) is 5.75 Å². The summed E-state index contributed by atoms with van der Waals surface area (Å²) in [5.41, 5.74) is 2.27. The lowest BCUT2D eigenvalue weighted by molar-refractivity contribution is 0.306. The predicted molar refractivity (Wildman–Crippen MR) is 88.2 cm³/mol. The van der Waals surface area contributed by atoms with Gasteiger partial charge in [0.1, 0.15) is 12.4 Å². The third kappa shape index (κ3) is 5.01. The lowest BCUT2D eigenvalue weighted by Crippen LogP contribution is -2.16. The lowest BCUT2D eigenvalue weighted by Gasteiger charge is -2.09. The molecule has 0 amide bonds. The molecule has 0 aliphatic carbocycles. The van der Waals surface area contributed by atoms with Crippen molar-refractivity contribution in [2.24, 2.45) is 4.66 Å². The van der Waals surface area contributed by atoms with Gasteiger partial charge in [-0.15, -0.1) is 0 Å². The zero-order valence-corrected chi connectivity index (χ0v) is 13.3. The van der Waals surface area contributed by atoms with E-state index in [-0.39, 0.29) is 0 Å². The van der Waals surface area contributed by atoms with Crippen LogP contribution in [0.2, 0.25) is 19.6 Å². The van der Waals surface area contributed by atoms with Crippen LogP contribution in [0.3, 0.4) is 0 Å². The highest BCUT2D eigenvalue weighted by Gasteiger charge is 2.09. The average molecular weight is 283 g/mol. The highest BCUT2D eigenvalue weighted by Crippen LogP contribution is 2.14. The summed E-state index contributed by atoms with van der Waals surface area (Å²) in [5.74, 6) is 0.883. The van der Waals surface area contributed by atoms with Gasteiger partial charge >= 0.3 is 0 Å². The summed E-state index contributed by atoms with van der Waals surface area (Å²) in [4.78, 5) is 0. The number of nitrogens with zero attached hydrogens (tertiary/aromatic N) is 1. The Labute approximate surface area is 122 Å². The first-order valence-electron chi connectivity index (χ1n) is 6.85. The molecule has 2 aromatic rings. The maximum atomic E-state index is 5.81. The van der Waals surface area contributed by atoms with Gasteiger partial charge in [-0.1, -0.05) is 42.5 Å². The standard InChI is InChI=1S/C17H21NOSi/c1-20(2,3)18-13-16-10-7-11-17(12-16)19-14-15-8-5-4-6-9-15/h4-13H,14H2,1-3H3. The molecule has 0 aromatic heterocycles. The third-order valence-electron chi connectivity index (χ3n) is 2.71. The van der Waals surface area contributed by atoms with Gasteiger partial charge in [0, 0.05) is 6.21 Å². The fraction of sp³-hybridized carbons (Fsp3) is 0.235. The fourth-order valence-corrected chi connectivity index (χ4v) is 2.23. The van der Waals surface area contributed by atoms with Crippen molar-refractivity contribution in [1.29, 1.82) is 0 Å². The van der Waals surface area contributed by atoms with Gasteiger partial charge in [-0.25, -0.2) is 0 Å². The van der Waals surface area contributed by atoms with Crippen LogP contribution in [0.1, 0.15) is 11.1 Å². The topological polar surface area (TPSA) is 21.6 Å². The molecular formula is C17H21NOSi. The van der Waals surface area contributed by atoms with E-state index in [0.29, 0.717) is 6.61 Å². The molecule has 0 aliphatic rings. The molecule has 0 spiro atoms. The Morgan fingerprint density at radius 1 is 1.00 bits per heavy atom. The van der Waals surface area contributed by atoms with Crippen LogP contribution in [-0.4, -0.2) is 14.5 Å². The summed E-state index contributed by atoms with van der Waals surface area (Å²) in [6.45, 7) is 7.26. The van der Waals surface area contributed by atoms with Crippen LogP contribution in [0.25, 0.3) is 0 Å². The Hall–Kier alpha value is -1.87. The Kier molecular flexibility index (Phi) is 4.74. The molecule has 0 aliphatic heterocycles. The van der Waals surface area contributed by atoms with Crippen molar-refractivity contribution >= 4 is 14.5 Å². The molecule has 0 radical (unpaired) electrons. The number of rotatable bonds is 5. The lowest BCUT2D eigenvalue weighted by atomic mass is 10.2. The van der Waals surface area contributed by atoms with E-state index in [9.17, 15) is 0 Å². The van der Waals surface area contributed by atoms with Crippen LogP contribution in [0.15, 0.2) is 59.3 Å². The number of benzene rings is 2. The van der Waals surface area contributed by atoms with E-state index in [4.69, 9.17) is 4.74 Å². The average Bonchev–Trinajstić information content (AvgIpc) is 2.44. The quantitative estimate of drug-likeness (QED) is 0.584. The van der Waals surface area contributed by atoms with Crippen molar-refractivity contribution < 1.29 is 4.74 Å². The van der Waals surface area contributed by atoms with E-state index in [2.05, 4.69) is 42.5 Å². The highest BCUT2D eigenvalue weighted by atomic mass is 28.3. The van der Waals surface area contributed by atoms with Gasteiger partial charge in [-0.3, -0.25) is 0 Å². The molecule has 3 heteroatoms. The van der Waals surface area contributed by atoms with E-state index >= 15 is 0 Å². The van der Waals surface area contributed by atoms with Crippen molar-refractivity contribution in [3.05, 3.63) is 65.7 Å². The van der Waals surface area contributed by atoms with Gasteiger partial charge in [0.25, 0.3) is 0 Å². The summed E-state index contributed by atoms with van der Waals surface area (Å²) in [6.07, 6.45) is 1.96. The zero-order valence-electron chi connectivity index (χ0n) is 12.3. The molecule has 2 rings (SSSR count). The van der Waals surface area contributed by atoms with Crippen LogP contribution < -0.4 is 4.74 Å². The Morgan fingerprint density at radius 3 is 2.45 bits per heavy atom. The third-order valence-corrected chi connectivity index (χ3v) is 3.61. The van der Waals surface area contributed by atoms with Crippen LogP contribution in [-0.2, 0) is 6.61 Å². The normalized spacial score (nSPS) is 11.8. The molecule has 0 unspecified atom stereocenters.